The Morgan fingerprint density at radius 1 is 1.08 bits per heavy atom. The molecule has 0 amide bonds. The van der Waals surface area contributed by atoms with Crippen LogP contribution in [0, 0.1) is 18.3 Å². The van der Waals surface area contributed by atoms with Gasteiger partial charge < -0.3 is 20.6 Å². The molecule has 1 aliphatic rings. The highest BCUT2D eigenvalue weighted by molar-refractivity contribution is 6.30. The molecule has 11 nitrogen and oxygen atoms in total. The molecule has 0 saturated heterocycles. The van der Waals surface area contributed by atoms with E-state index in [1.807, 2.05) is 13.8 Å². The van der Waals surface area contributed by atoms with Crippen LogP contribution in [-0.4, -0.2) is 48.0 Å². The Hall–Kier alpha value is -4.66. The number of hydrogen-bond donors (Lipinski definition) is 4. The van der Waals surface area contributed by atoms with Gasteiger partial charge >= 0.3 is 0 Å². The number of nitrogens with one attached hydrogen (secondary N) is 3. The van der Waals surface area contributed by atoms with E-state index in [4.69, 9.17) is 4.74 Å². The minimum absolute atomic E-state index is 0.0521. The number of methoxy groups -OCH3 is 1. The standard InChI is InChI=1S/C28H29N7O4/c1-5-15(2)32-35-27-19(14-29)16(3)24(28(31-27)30-12-13-39-4)34-33-20-10-6-8-17-22(20)26(38)23-18(25(17)37)9-7-11-21(23)36/h6-11,15,32,36H,5,12-13H2,1-4H3,(H2,30,31,35)/b34-33+. The van der Waals surface area contributed by atoms with E-state index < -0.39 is 5.78 Å². The molecule has 4 N–H and O–H groups in total. The van der Waals surface area contributed by atoms with Crippen LogP contribution in [0.4, 0.5) is 23.0 Å². The number of azo groups is 1. The number of carbonyl (C=O) groups excluding carboxylic acids is 2. The van der Waals surface area contributed by atoms with E-state index in [2.05, 4.69) is 37.5 Å². The van der Waals surface area contributed by atoms with Gasteiger partial charge in [-0.2, -0.15) is 5.26 Å². The summed E-state index contributed by atoms with van der Waals surface area (Å²) in [5.74, 6) is -0.493. The number of anilines is 2. The van der Waals surface area contributed by atoms with E-state index in [0.29, 0.717) is 36.0 Å². The normalized spacial score (nSPS) is 13.1. The van der Waals surface area contributed by atoms with Crippen LogP contribution in [0.2, 0.25) is 0 Å². The summed E-state index contributed by atoms with van der Waals surface area (Å²) in [6.45, 7) is 6.58. The molecule has 0 bridgehead atoms. The summed E-state index contributed by atoms with van der Waals surface area (Å²) in [6, 6.07) is 11.4. The highest BCUT2D eigenvalue weighted by Gasteiger charge is 2.33. The first kappa shape index (κ1) is 27.4. The van der Waals surface area contributed by atoms with E-state index in [9.17, 15) is 20.0 Å². The molecular weight excluding hydrogens is 498 g/mol. The molecule has 200 valence electrons. The van der Waals surface area contributed by atoms with Gasteiger partial charge in [-0.3, -0.25) is 9.59 Å². The first-order valence-corrected chi connectivity index (χ1v) is 12.5. The van der Waals surface area contributed by atoms with Gasteiger partial charge in [0.25, 0.3) is 0 Å². The third-order valence-corrected chi connectivity index (χ3v) is 6.46. The number of aromatic nitrogens is 1. The highest BCUT2D eigenvalue weighted by atomic mass is 16.5. The van der Waals surface area contributed by atoms with Crippen LogP contribution in [0.15, 0.2) is 46.6 Å². The van der Waals surface area contributed by atoms with Gasteiger partial charge in [0, 0.05) is 36.4 Å². The van der Waals surface area contributed by atoms with Crippen LogP contribution in [0.5, 0.6) is 5.75 Å². The van der Waals surface area contributed by atoms with Gasteiger partial charge in [-0.1, -0.05) is 31.2 Å². The fraction of sp³-hybridized carbons (Fsp3) is 0.286. The van der Waals surface area contributed by atoms with Crippen molar-refractivity contribution in [1.82, 2.24) is 10.4 Å². The van der Waals surface area contributed by atoms with Crippen molar-refractivity contribution < 1.29 is 19.4 Å². The summed E-state index contributed by atoms with van der Waals surface area (Å²) in [6.07, 6.45) is 0.865. The molecule has 4 rings (SSSR count). The highest BCUT2D eigenvalue weighted by Crippen LogP contribution is 2.39. The van der Waals surface area contributed by atoms with E-state index in [-0.39, 0.29) is 51.1 Å². The molecule has 1 aliphatic carbocycles. The van der Waals surface area contributed by atoms with Crippen molar-refractivity contribution in [1.29, 1.82) is 5.26 Å². The van der Waals surface area contributed by atoms with Crippen molar-refractivity contribution in [2.24, 2.45) is 10.2 Å². The number of phenolic OH excluding ortho intramolecular Hbond substituents is 1. The zero-order chi connectivity index (χ0) is 28.1. The van der Waals surface area contributed by atoms with Crippen molar-refractivity contribution in [2.45, 2.75) is 33.2 Å². The first-order valence-electron chi connectivity index (χ1n) is 12.5. The van der Waals surface area contributed by atoms with Crippen molar-refractivity contribution in [2.75, 3.05) is 31.0 Å². The SMILES string of the molecule is CCC(C)NNc1nc(NCCOC)c(/N=N/c2cccc3c2C(=O)c2c(O)cccc2C3=O)c(C)c1C#N. The predicted molar refractivity (Wildman–Crippen MR) is 146 cm³/mol. The Kier molecular flexibility index (Phi) is 8.29. The molecule has 1 atom stereocenters. The number of hydrazine groups is 1. The van der Waals surface area contributed by atoms with E-state index in [1.165, 1.54) is 18.2 Å². The Morgan fingerprint density at radius 3 is 2.49 bits per heavy atom. The zero-order valence-corrected chi connectivity index (χ0v) is 22.1. The number of nitrogens with zero attached hydrogens (tertiary/aromatic N) is 4. The maximum Gasteiger partial charge on any atom is 0.200 e. The molecule has 1 unspecified atom stereocenters. The van der Waals surface area contributed by atoms with E-state index >= 15 is 0 Å². The lowest BCUT2D eigenvalue weighted by Gasteiger charge is -2.19. The lowest BCUT2D eigenvalue weighted by Crippen LogP contribution is -2.32. The predicted octanol–water partition coefficient (Wildman–Crippen LogP) is 4.93. The summed E-state index contributed by atoms with van der Waals surface area (Å²) in [5, 5.41) is 32.1. The van der Waals surface area contributed by atoms with Crippen molar-refractivity contribution >= 4 is 34.6 Å². The molecule has 39 heavy (non-hydrogen) atoms. The number of ether oxygens (including phenoxy) is 1. The van der Waals surface area contributed by atoms with Gasteiger partial charge in [-0.25, -0.2) is 10.4 Å². The number of rotatable bonds is 10. The van der Waals surface area contributed by atoms with Crippen molar-refractivity contribution in [3.63, 3.8) is 0 Å². The molecule has 0 aliphatic heterocycles. The molecule has 0 radical (unpaired) electrons. The number of pyridine rings is 1. The maximum absolute atomic E-state index is 13.4. The minimum Gasteiger partial charge on any atom is -0.507 e. The second kappa shape index (κ2) is 11.8. The average molecular weight is 528 g/mol. The van der Waals surface area contributed by atoms with E-state index in [0.717, 1.165) is 6.42 Å². The molecule has 0 spiro atoms. The number of benzene rings is 2. The Labute approximate surface area is 225 Å². The van der Waals surface area contributed by atoms with Gasteiger partial charge in [-0.15, -0.1) is 10.2 Å². The summed E-state index contributed by atoms with van der Waals surface area (Å²) in [4.78, 5) is 31.1. The van der Waals surface area contributed by atoms with Gasteiger partial charge in [0.05, 0.1) is 23.4 Å². The lowest BCUT2D eigenvalue weighted by molar-refractivity contribution is 0.0977. The largest absolute Gasteiger partial charge is 0.507 e. The molecule has 0 saturated carbocycles. The van der Waals surface area contributed by atoms with Crippen molar-refractivity contribution in [3.05, 3.63) is 69.8 Å². The fourth-order valence-electron chi connectivity index (χ4n) is 4.13. The number of ketones is 2. The number of phenols is 1. The number of fused-ring (bicyclic) bond motifs is 2. The zero-order valence-electron chi connectivity index (χ0n) is 22.1. The van der Waals surface area contributed by atoms with Gasteiger partial charge in [-0.05, 0) is 32.4 Å². The van der Waals surface area contributed by atoms with Crippen LogP contribution in [0.3, 0.4) is 0 Å². The third kappa shape index (κ3) is 5.34. The topological polar surface area (TPSA) is 161 Å². The lowest BCUT2D eigenvalue weighted by atomic mass is 9.83. The van der Waals surface area contributed by atoms with Crippen LogP contribution in [0.1, 0.15) is 63.2 Å². The molecule has 1 aromatic heterocycles. The summed E-state index contributed by atoms with van der Waals surface area (Å²) >= 11 is 0. The number of nitriles is 1. The van der Waals surface area contributed by atoms with Crippen molar-refractivity contribution in [3.8, 4) is 11.8 Å². The van der Waals surface area contributed by atoms with Crippen LogP contribution < -0.4 is 16.2 Å². The number of aromatic hydroxyl groups is 1. The minimum atomic E-state index is -0.520. The number of hydrogen-bond acceptors (Lipinski definition) is 11. The smallest absolute Gasteiger partial charge is 0.200 e. The quantitative estimate of drug-likeness (QED) is 0.127. The summed E-state index contributed by atoms with van der Waals surface area (Å²) < 4.78 is 5.14. The Balaban J connectivity index is 1.80. The average Bonchev–Trinajstić information content (AvgIpc) is 2.94. The molecule has 1 heterocycles. The summed E-state index contributed by atoms with van der Waals surface area (Å²) in [7, 11) is 1.58. The molecule has 0 fully saturated rings. The van der Waals surface area contributed by atoms with Gasteiger partial charge in [0.15, 0.2) is 23.2 Å². The second-order valence-electron chi connectivity index (χ2n) is 9.03. The van der Waals surface area contributed by atoms with Crippen LogP contribution in [0.25, 0.3) is 0 Å². The Bertz CT molecular complexity index is 1510. The third-order valence-electron chi connectivity index (χ3n) is 6.46. The first-order chi connectivity index (χ1) is 18.8. The second-order valence-corrected chi connectivity index (χ2v) is 9.03. The van der Waals surface area contributed by atoms with Gasteiger partial charge in [0.2, 0.25) is 0 Å². The van der Waals surface area contributed by atoms with Crippen LogP contribution in [-0.2, 0) is 4.74 Å². The maximum atomic E-state index is 13.4. The Morgan fingerprint density at radius 2 is 1.79 bits per heavy atom. The molecular formula is C28H29N7O4. The van der Waals surface area contributed by atoms with E-state index in [1.54, 1.807) is 32.2 Å². The monoisotopic (exact) mass is 527 g/mol. The van der Waals surface area contributed by atoms with Crippen LogP contribution >= 0.6 is 0 Å². The molecule has 11 heteroatoms. The summed E-state index contributed by atoms with van der Waals surface area (Å²) in [5.41, 5.74) is 7.69. The fourth-order valence-corrected chi connectivity index (χ4v) is 4.13. The van der Waals surface area contributed by atoms with Gasteiger partial charge in [0.1, 0.15) is 23.1 Å². The number of carbonyl (C=O) groups is 2. The molecule has 3 aromatic rings. The molecule has 2 aromatic carbocycles.